The van der Waals surface area contributed by atoms with Crippen LogP contribution < -0.4 is 20.5 Å². The second-order valence-electron chi connectivity index (χ2n) is 10.2. The van der Waals surface area contributed by atoms with Gasteiger partial charge in [0.25, 0.3) is 11.5 Å². The first kappa shape index (κ1) is 27.8. The Hall–Kier alpha value is -3.76. The van der Waals surface area contributed by atoms with Gasteiger partial charge in [0.05, 0.1) is 19.8 Å². The molecule has 2 heterocycles. The lowest BCUT2D eigenvalue weighted by Gasteiger charge is -2.21. The molecular weight excluding hydrogens is 544 g/mol. The molecule has 2 aliphatic rings. The average Bonchev–Trinajstić information content (AvgIpc) is 3.73. The van der Waals surface area contributed by atoms with Crippen molar-refractivity contribution in [3.63, 3.8) is 0 Å². The number of aryl methyl sites for hydroxylation is 1. The van der Waals surface area contributed by atoms with E-state index < -0.39 is 52.6 Å². The molecule has 1 saturated carbocycles. The Morgan fingerprint density at radius 1 is 1.15 bits per heavy atom. The van der Waals surface area contributed by atoms with Crippen LogP contribution in [0.25, 0.3) is 0 Å². The van der Waals surface area contributed by atoms with Crippen molar-refractivity contribution < 1.29 is 28.2 Å². The Morgan fingerprint density at radius 3 is 2.40 bits per heavy atom. The van der Waals surface area contributed by atoms with Gasteiger partial charge in [-0.3, -0.25) is 14.4 Å². The number of methoxy groups -OCH3 is 1. The number of nitrogens with zero attached hydrogens (tertiary/aromatic N) is 2. The van der Waals surface area contributed by atoms with Crippen LogP contribution in [0, 0.1) is 24.5 Å². The number of anilines is 1. The van der Waals surface area contributed by atoms with E-state index in [1.165, 1.54) is 35.9 Å². The first-order valence-corrected chi connectivity index (χ1v) is 13.3. The predicted molar refractivity (Wildman–Crippen MR) is 145 cm³/mol. The van der Waals surface area contributed by atoms with Gasteiger partial charge in [0.2, 0.25) is 5.91 Å². The maximum atomic E-state index is 15.3. The van der Waals surface area contributed by atoms with Gasteiger partial charge in [0, 0.05) is 46.9 Å². The fourth-order valence-corrected chi connectivity index (χ4v) is 5.30. The lowest BCUT2D eigenvalue weighted by Crippen LogP contribution is -2.45. The van der Waals surface area contributed by atoms with E-state index in [1.807, 2.05) is 0 Å². The number of halogens is 3. The lowest BCUT2D eigenvalue weighted by molar-refractivity contribution is -0.118. The number of aromatic nitrogens is 1. The number of hydrogen-bond acceptors (Lipinski definition) is 5. The Bertz CT molecular complexity index is 1500. The quantitative estimate of drug-likeness (QED) is 0.428. The number of pyridine rings is 1. The van der Waals surface area contributed by atoms with E-state index in [-0.39, 0.29) is 36.0 Å². The van der Waals surface area contributed by atoms with Crippen LogP contribution in [-0.2, 0) is 11.3 Å². The first-order chi connectivity index (χ1) is 19.1. The summed E-state index contributed by atoms with van der Waals surface area (Å²) in [6, 6.07) is 8.20. The topological polar surface area (TPSA) is 101 Å². The molecule has 5 rings (SSSR count). The Kier molecular flexibility index (Phi) is 7.65. The SMILES string of the molecule is COc1cc(F)c([C@@H]2CN(c3c(C)ccn(CC(O)C4CC4)c3=O)C(=O)[C@H]2NC(=O)c2ccc(Cl)cc2)c(F)c1. The molecule has 0 spiro atoms. The van der Waals surface area contributed by atoms with Crippen molar-refractivity contribution in [1.29, 1.82) is 0 Å². The number of amides is 2. The molecule has 1 aliphatic heterocycles. The van der Waals surface area contributed by atoms with Gasteiger partial charge in [-0.15, -0.1) is 0 Å². The fraction of sp³-hybridized carbons (Fsp3) is 0.345. The van der Waals surface area contributed by atoms with Gasteiger partial charge in [-0.05, 0) is 61.6 Å². The predicted octanol–water partition coefficient (Wildman–Crippen LogP) is 3.80. The number of benzene rings is 2. The summed E-state index contributed by atoms with van der Waals surface area (Å²) in [6.45, 7) is 1.44. The molecule has 8 nitrogen and oxygen atoms in total. The summed E-state index contributed by atoms with van der Waals surface area (Å²) >= 11 is 5.92. The molecule has 2 N–H and O–H groups in total. The molecule has 3 atom stereocenters. The molecular formula is C29H28ClF2N3O5. The third kappa shape index (κ3) is 5.33. The number of ether oxygens (including phenoxy) is 1. The fourth-order valence-electron chi connectivity index (χ4n) is 5.17. The van der Waals surface area contributed by atoms with Crippen molar-refractivity contribution in [1.82, 2.24) is 9.88 Å². The molecule has 3 aromatic rings. The third-order valence-corrected chi connectivity index (χ3v) is 7.78. The van der Waals surface area contributed by atoms with Gasteiger partial charge in [-0.2, -0.15) is 0 Å². The zero-order valence-corrected chi connectivity index (χ0v) is 22.6. The minimum Gasteiger partial charge on any atom is -0.497 e. The number of carbonyl (C=O) groups excluding carboxylic acids is 2. The monoisotopic (exact) mass is 571 g/mol. The number of aliphatic hydroxyl groups is 1. The van der Waals surface area contributed by atoms with E-state index in [0.29, 0.717) is 10.6 Å². The van der Waals surface area contributed by atoms with Crippen LogP contribution in [-0.4, -0.2) is 47.3 Å². The van der Waals surface area contributed by atoms with Crippen LogP contribution in [0.4, 0.5) is 14.5 Å². The minimum atomic E-state index is -1.38. The molecule has 1 saturated heterocycles. The molecule has 2 fully saturated rings. The summed E-state index contributed by atoms with van der Waals surface area (Å²) in [7, 11) is 1.27. The molecule has 1 aliphatic carbocycles. The number of rotatable bonds is 8. The highest BCUT2D eigenvalue weighted by atomic mass is 35.5. The first-order valence-electron chi connectivity index (χ1n) is 12.9. The maximum Gasteiger partial charge on any atom is 0.274 e. The average molecular weight is 572 g/mol. The number of hydrogen-bond donors (Lipinski definition) is 2. The molecule has 0 radical (unpaired) electrons. The van der Waals surface area contributed by atoms with Crippen LogP contribution >= 0.6 is 11.6 Å². The van der Waals surface area contributed by atoms with Crippen molar-refractivity contribution in [2.45, 2.75) is 44.4 Å². The zero-order valence-electron chi connectivity index (χ0n) is 21.9. The van der Waals surface area contributed by atoms with Gasteiger partial charge in [0.1, 0.15) is 29.1 Å². The van der Waals surface area contributed by atoms with Crippen LogP contribution in [0.15, 0.2) is 53.5 Å². The molecule has 11 heteroatoms. The van der Waals surface area contributed by atoms with Crippen LogP contribution in [0.2, 0.25) is 5.02 Å². The zero-order chi connectivity index (χ0) is 28.7. The number of aliphatic hydroxyl groups excluding tert-OH is 1. The minimum absolute atomic E-state index is 0.0260. The summed E-state index contributed by atoms with van der Waals surface area (Å²) in [5.74, 6) is -4.32. The highest BCUT2D eigenvalue weighted by molar-refractivity contribution is 6.30. The standard InChI is InChI=1S/C29H28ClF2N3O5/c1-15-9-10-34(14-23(36)16-3-4-16)29(39)26(15)35-13-20(24-21(31)11-19(40-2)12-22(24)32)25(28(35)38)33-27(37)17-5-7-18(30)8-6-17/h5-12,16,20,23,25,36H,3-4,13-14H2,1-2H3,(H,33,37)/t20-,23?,25-/m0/s1. The number of nitrogens with one attached hydrogen (secondary N) is 1. The van der Waals surface area contributed by atoms with Crippen molar-refractivity contribution >= 4 is 29.1 Å². The summed E-state index contributed by atoms with van der Waals surface area (Å²) in [5, 5.41) is 13.4. The smallest absolute Gasteiger partial charge is 0.274 e. The van der Waals surface area contributed by atoms with Gasteiger partial charge in [-0.1, -0.05) is 11.6 Å². The molecule has 40 heavy (non-hydrogen) atoms. The van der Waals surface area contributed by atoms with E-state index in [0.717, 1.165) is 29.9 Å². The summed E-state index contributed by atoms with van der Waals surface area (Å²) in [6.07, 6.45) is 2.61. The number of carbonyl (C=O) groups is 2. The van der Waals surface area contributed by atoms with Gasteiger partial charge in [-0.25, -0.2) is 8.78 Å². The Morgan fingerprint density at radius 2 is 1.80 bits per heavy atom. The second-order valence-corrected chi connectivity index (χ2v) is 10.7. The largest absolute Gasteiger partial charge is 0.497 e. The second kappa shape index (κ2) is 11.0. The molecule has 210 valence electrons. The Balaban J connectivity index is 1.55. The molecule has 1 aromatic heterocycles. The van der Waals surface area contributed by atoms with Crippen molar-refractivity contribution in [2.24, 2.45) is 5.92 Å². The highest BCUT2D eigenvalue weighted by Crippen LogP contribution is 2.37. The van der Waals surface area contributed by atoms with Crippen molar-refractivity contribution in [3.05, 3.63) is 92.4 Å². The Labute approximate surface area is 234 Å². The van der Waals surface area contributed by atoms with Gasteiger partial charge in [0.15, 0.2) is 0 Å². The van der Waals surface area contributed by atoms with E-state index >= 15 is 8.78 Å². The van der Waals surface area contributed by atoms with Gasteiger partial charge < -0.3 is 24.6 Å². The van der Waals surface area contributed by atoms with Crippen LogP contribution in [0.1, 0.15) is 40.2 Å². The molecule has 0 bridgehead atoms. The van der Waals surface area contributed by atoms with Crippen molar-refractivity contribution in [2.75, 3.05) is 18.6 Å². The van der Waals surface area contributed by atoms with E-state index in [1.54, 1.807) is 19.2 Å². The molecule has 2 amide bonds. The van der Waals surface area contributed by atoms with Crippen molar-refractivity contribution in [3.8, 4) is 5.75 Å². The maximum absolute atomic E-state index is 15.3. The van der Waals surface area contributed by atoms with Gasteiger partial charge >= 0.3 is 0 Å². The van der Waals surface area contributed by atoms with E-state index in [9.17, 15) is 19.5 Å². The summed E-state index contributed by atoms with van der Waals surface area (Å²) < 4.78 is 36.8. The summed E-state index contributed by atoms with van der Waals surface area (Å²) in [4.78, 5) is 41.6. The third-order valence-electron chi connectivity index (χ3n) is 7.53. The van der Waals surface area contributed by atoms with E-state index in [4.69, 9.17) is 16.3 Å². The summed E-state index contributed by atoms with van der Waals surface area (Å²) in [5.41, 5.74) is -0.242. The van der Waals surface area contributed by atoms with E-state index in [2.05, 4.69) is 5.32 Å². The molecule has 1 unspecified atom stereocenters. The highest BCUT2D eigenvalue weighted by Gasteiger charge is 2.46. The normalized spacial score (nSPS) is 19.6. The lowest BCUT2D eigenvalue weighted by atomic mass is 9.92. The molecule has 2 aromatic carbocycles. The van der Waals surface area contributed by atoms with Crippen LogP contribution in [0.3, 0.4) is 0 Å². The van der Waals surface area contributed by atoms with Crippen LogP contribution in [0.5, 0.6) is 5.75 Å².